The second kappa shape index (κ2) is 4.23. The number of rotatable bonds is 2. The number of fused-ring (bicyclic) bond motifs is 5. The van der Waals surface area contributed by atoms with Crippen molar-refractivity contribution in [3.8, 4) is 0 Å². The first-order valence-corrected chi connectivity index (χ1v) is 10.6. The van der Waals surface area contributed by atoms with E-state index in [4.69, 9.17) is 4.74 Å². The smallest absolute Gasteiger partial charge is 0.302 e. The summed E-state index contributed by atoms with van der Waals surface area (Å²) in [6.45, 7) is 2.21. The van der Waals surface area contributed by atoms with Gasteiger partial charge in [0, 0.05) is 18.8 Å². The molecule has 7 aliphatic rings. The predicted octanol–water partition coefficient (Wildman–Crippen LogP) is 3.24. The van der Waals surface area contributed by atoms with Crippen molar-refractivity contribution in [3.05, 3.63) is 11.1 Å². The van der Waals surface area contributed by atoms with Crippen molar-refractivity contribution in [2.24, 2.45) is 65.1 Å². The molecule has 132 valence electrons. The van der Waals surface area contributed by atoms with Crippen molar-refractivity contribution < 1.29 is 14.3 Å². The molecule has 0 spiro atoms. The molecule has 11 atom stereocenters. The van der Waals surface area contributed by atoms with Crippen molar-refractivity contribution in [1.29, 1.82) is 0 Å². The monoisotopic (exact) mass is 338 g/mol. The van der Waals surface area contributed by atoms with Gasteiger partial charge in [0.1, 0.15) is 0 Å². The highest BCUT2D eigenvalue weighted by molar-refractivity contribution is 6.03. The third kappa shape index (κ3) is 1.32. The van der Waals surface area contributed by atoms with Gasteiger partial charge < -0.3 is 4.74 Å². The lowest BCUT2D eigenvalue weighted by Crippen LogP contribution is -2.30. The number of hydrogen-bond acceptors (Lipinski definition) is 3. The summed E-state index contributed by atoms with van der Waals surface area (Å²) in [5.41, 5.74) is 2.90. The van der Waals surface area contributed by atoms with E-state index in [0.29, 0.717) is 47.9 Å². The number of carbonyl (C=O) groups is 2. The Morgan fingerprint density at radius 3 is 2.60 bits per heavy atom. The number of ether oxygens (including phenoxy) is 1. The van der Waals surface area contributed by atoms with Gasteiger partial charge in [-0.05, 0) is 84.5 Å². The van der Waals surface area contributed by atoms with Crippen LogP contribution < -0.4 is 0 Å². The second-order valence-electron chi connectivity index (χ2n) is 10.1. The highest BCUT2D eigenvalue weighted by Gasteiger charge is 2.78. The molecular formula is C22H26O3. The van der Waals surface area contributed by atoms with Crippen LogP contribution in [0.4, 0.5) is 0 Å². The molecule has 0 unspecified atom stereocenters. The fourth-order valence-corrected chi connectivity index (χ4v) is 10.1. The number of esters is 1. The standard InChI is InChI=1S/C22H26O3/c1-8(23)25-7-13-14-9-3-2-4-10(9)17-18(14)19-16(13)11-5-6-12-15(11)20(19)21(17)22(12)24/h9-11,13-14,16-21H,2-7H2,1H3/t9-,10-,11+,13+,14-,16+,17+,18+,19-,20-,21+/m0/s1. The van der Waals surface area contributed by atoms with Gasteiger partial charge in [-0.2, -0.15) is 0 Å². The minimum Gasteiger partial charge on any atom is -0.466 e. The first kappa shape index (κ1) is 14.0. The van der Waals surface area contributed by atoms with Crippen LogP contribution in [0.3, 0.4) is 0 Å². The number of Topliss-reactive ketones (excluding diaryl/α,β-unsaturated/α-hetero) is 1. The summed E-state index contributed by atoms with van der Waals surface area (Å²) in [5, 5.41) is 0. The van der Waals surface area contributed by atoms with E-state index in [0.717, 1.165) is 36.0 Å². The van der Waals surface area contributed by atoms with Crippen LogP contribution in [0, 0.1) is 65.1 Å². The summed E-state index contributed by atoms with van der Waals surface area (Å²) in [4.78, 5) is 24.8. The van der Waals surface area contributed by atoms with Crippen LogP contribution in [0.2, 0.25) is 0 Å². The van der Waals surface area contributed by atoms with Gasteiger partial charge in [-0.1, -0.05) is 12.0 Å². The second-order valence-corrected chi connectivity index (χ2v) is 10.1. The maximum atomic E-state index is 13.3. The van der Waals surface area contributed by atoms with E-state index in [1.807, 2.05) is 0 Å². The van der Waals surface area contributed by atoms with E-state index >= 15 is 0 Å². The average Bonchev–Trinajstić information content (AvgIpc) is 3.33. The van der Waals surface area contributed by atoms with Gasteiger partial charge in [0.05, 0.1) is 6.61 Å². The molecule has 0 aromatic rings. The SMILES string of the molecule is CC(=O)OC[C@@H]1[C@@H]2[C@H]3CCC[C@@H]3[C@H]3[C@H]4C(=O)C5=C6[C@H]4[C@H]([C@H]23)[C@@H]1[C@@H]6CC5. The van der Waals surface area contributed by atoms with Gasteiger partial charge in [0.25, 0.3) is 0 Å². The highest BCUT2D eigenvalue weighted by Crippen LogP contribution is 2.81. The maximum absolute atomic E-state index is 13.3. The molecule has 3 nitrogen and oxygen atoms in total. The fourth-order valence-electron chi connectivity index (χ4n) is 10.1. The number of carbonyl (C=O) groups excluding carboxylic acids is 2. The van der Waals surface area contributed by atoms with E-state index in [1.165, 1.54) is 31.3 Å². The Kier molecular flexibility index (Phi) is 2.37. The minimum atomic E-state index is -0.118. The average molecular weight is 338 g/mol. The van der Waals surface area contributed by atoms with E-state index in [1.54, 1.807) is 12.5 Å². The lowest BCUT2D eigenvalue weighted by atomic mass is 9.75. The molecular weight excluding hydrogens is 312 g/mol. The predicted molar refractivity (Wildman–Crippen MR) is 90.1 cm³/mol. The largest absolute Gasteiger partial charge is 0.466 e. The van der Waals surface area contributed by atoms with E-state index < -0.39 is 0 Å². The van der Waals surface area contributed by atoms with Gasteiger partial charge >= 0.3 is 5.97 Å². The molecule has 7 aliphatic carbocycles. The molecule has 25 heavy (non-hydrogen) atoms. The summed E-state index contributed by atoms with van der Waals surface area (Å²) >= 11 is 0. The van der Waals surface area contributed by atoms with Crippen molar-refractivity contribution in [2.45, 2.75) is 39.0 Å². The lowest BCUT2D eigenvalue weighted by molar-refractivity contribution is -0.143. The first-order chi connectivity index (χ1) is 12.2. The molecule has 0 N–H and O–H groups in total. The lowest BCUT2D eigenvalue weighted by Gasteiger charge is -2.31. The molecule has 5 saturated carbocycles. The van der Waals surface area contributed by atoms with Crippen LogP contribution in [0.1, 0.15) is 39.0 Å². The molecule has 0 heterocycles. The van der Waals surface area contributed by atoms with Crippen LogP contribution >= 0.6 is 0 Å². The van der Waals surface area contributed by atoms with Gasteiger partial charge in [-0.3, -0.25) is 9.59 Å². The van der Waals surface area contributed by atoms with E-state index in [9.17, 15) is 9.59 Å². The normalized spacial score (nSPS) is 58.4. The van der Waals surface area contributed by atoms with Crippen molar-refractivity contribution in [3.63, 3.8) is 0 Å². The van der Waals surface area contributed by atoms with Crippen molar-refractivity contribution in [2.75, 3.05) is 6.61 Å². The molecule has 0 aromatic carbocycles. The Bertz CT molecular complexity index is 750. The topological polar surface area (TPSA) is 43.4 Å². The first-order valence-electron chi connectivity index (χ1n) is 10.6. The fraction of sp³-hybridized carbons (Fsp3) is 0.818. The van der Waals surface area contributed by atoms with Gasteiger partial charge in [-0.25, -0.2) is 0 Å². The zero-order valence-corrected chi connectivity index (χ0v) is 14.8. The summed E-state index contributed by atoms with van der Waals surface area (Å²) < 4.78 is 5.63. The Morgan fingerprint density at radius 2 is 1.80 bits per heavy atom. The zero-order chi connectivity index (χ0) is 16.6. The van der Waals surface area contributed by atoms with E-state index in [2.05, 4.69) is 0 Å². The summed E-state index contributed by atoms with van der Waals surface area (Å²) in [6, 6.07) is 0. The molecule has 0 saturated heterocycles. The van der Waals surface area contributed by atoms with Crippen LogP contribution in [-0.2, 0) is 14.3 Å². The van der Waals surface area contributed by atoms with E-state index in [-0.39, 0.29) is 5.97 Å². The third-order valence-electron chi connectivity index (χ3n) is 9.95. The van der Waals surface area contributed by atoms with Crippen molar-refractivity contribution in [1.82, 2.24) is 0 Å². The summed E-state index contributed by atoms with van der Waals surface area (Å²) in [5.74, 6) is 7.98. The van der Waals surface area contributed by atoms with Gasteiger partial charge in [-0.15, -0.1) is 0 Å². The summed E-state index contributed by atoms with van der Waals surface area (Å²) in [6.07, 6.45) is 6.32. The van der Waals surface area contributed by atoms with Crippen LogP contribution in [-0.4, -0.2) is 18.4 Å². The molecule has 3 heteroatoms. The minimum absolute atomic E-state index is 0.118. The molecule has 0 aliphatic heterocycles. The van der Waals surface area contributed by atoms with Crippen molar-refractivity contribution >= 4 is 11.8 Å². The Morgan fingerprint density at radius 1 is 1.00 bits per heavy atom. The molecule has 5 fully saturated rings. The number of hydrogen-bond donors (Lipinski definition) is 0. The summed E-state index contributed by atoms with van der Waals surface area (Å²) in [7, 11) is 0. The van der Waals surface area contributed by atoms with Gasteiger partial charge in [0.15, 0.2) is 5.78 Å². The van der Waals surface area contributed by atoms with Gasteiger partial charge in [0.2, 0.25) is 0 Å². The van der Waals surface area contributed by atoms with Crippen LogP contribution in [0.15, 0.2) is 11.1 Å². The third-order valence-corrected chi connectivity index (χ3v) is 9.95. The molecule has 0 radical (unpaired) electrons. The molecule has 7 rings (SSSR count). The van der Waals surface area contributed by atoms with Crippen LogP contribution in [0.25, 0.3) is 0 Å². The quantitative estimate of drug-likeness (QED) is 0.726. The Hall–Kier alpha value is -1.12. The van der Waals surface area contributed by atoms with Crippen LogP contribution in [0.5, 0.6) is 0 Å². The number of allylic oxidation sites excluding steroid dienone is 2. The molecule has 0 aromatic heterocycles. The maximum Gasteiger partial charge on any atom is 0.302 e. The molecule has 0 bridgehead atoms. The highest BCUT2D eigenvalue weighted by atomic mass is 16.5. The Labute approximate surface area is 148 Å². The zero-order valence-electron chi connectivity index (χ0n) is 14.8. The Balaban J connectivity index is 1.40. The number of ketones is 1. The molecule has 0 amide bonds.